The minimum atomic E-state index is -0.592. The van der Waals surface area contributed by atoms with Crippen molar-refractivity contribution in [2.45, 2.75) is 13.8 Å². The van der Waals surface area contributed by atoms with E-state index in [-0.39, 0.29) is 24.3 Å². The molecule has 0 aliphatic heterocycles. The monoisotopic (exact) mass is 289 g/mol. The molecular weight excluding hydrogens is 274 g/mol. The Morgan fingerprint density at radius 3 is 2.38 bits per heavy atom. The number of benzene rings is 1. The van der Waals surface area contributed by atoms with Crippen LogP contribution in [0.25, 0.3) is 10.9 Å². The molecule has 110 valence electrons. The summed E-state index contributed by atoms with van der Waals surface area (Å²) in [5.41, 5.74) is 0.466. The summed E-state index contributed by atoms with van der Waals surface area (Å²) in [4.78, 5) is 38.2. The second-order valence-electron chi connectivity index (χ2n) is 4.25. The van der Waals surface area contributed by atoms with Gasteiger partial charge in [-0.1, -0.05) is 0 Å². The molecule has 1 aromatic carbocycles. The molecule has 0 saturated heterocycles. The molecule has 0 aliphatic rings. The van der Waals surface area contributed by atoms with Crippen LogP contribution in [-0.4, -0.2) is 30.1 Å². The highest BCUT2D eigenvalue weighted by molar-refractivity contribution is 5.96. The number of rotatable bonds is 4. The molecular formula is C15H15NO5. The number of ether oxygens (including phenoxy) is 2. The van der Waals surface area contributed by atoms with Crippen LogP contribution in [0.1, 0.15) is 34.7 Å². The van der Waals surface area contributed by atoms with Crippen LogP contribution in [0.5, 0.6) is 0 Å². The number of H-pyrrole nitrogens is 1. The first-order chi connectivity index (χ1) is 10.1. The number of hydrogen-bond donors (Lipinski definition) is 1. The molecule has 0 bridgehead atoms. The minimum absolute atomic E-state index is 0.0817. The summed E-state index contributed by atoms with van der Waals surface area (Å²) < 4.78 is 9.73. The lowest BCUT2D eigenvalue weighted by Gasteiger charge is -2.06. The van der Waals surface area contributed by atoms with E-state index in [9.17, 15) is 14.4 Å². The molecule has 6 heteroatoms. The Labute approximate surface area is 120 Å². The van der Waals surface area contributed by atoms with Gasteiger partial charge < -0.3 is 14.5 Å². The first kappa shape index (κ1) is 14.8. The third kappa shape index (κ3) is 3.10. The van der Waals surface area contributed by atoms with Crippen LogP contribution in [0.15, 0.2) is 29.1 Å². The van der Waals surface area contributed by atoms with Crippen molar-refractivity contribution in [2.24, 2.45) is 0 Å². The molecule has 1 heterocycles. The fourth-order valence-corrected chi connectivity index (χ4v) is 1.91. The molecule has 0 radical (unpaired) electrons. The van der Waals surface area contributed by atoms with Crippen molar-refractivity contribution >= 4 is 22.8 Å². The normalized spacial score (nSPS) is 10.4. The molecule has 0 fully saturated rings. The summed E-state index contributed by atoms with van der Waals surface area (Å²) >= 11 is 0. The number of aromatic amines is 1. The van der Waals surface area contributed by atoms with Crippen molar-refractivity contribution in [3.05, 3.63) is 45.7 Å². The fraction of sp³-hybridized carbons (Fsp3) is 0.267. The van der Waals surface area contributed by atoms with E-state index < -0.39 is 11.9 Å². The van der Waals surface area contributed by atoms with Crippen LogP contribution in [0, 0.1) is 0 Å². The summed E-state index contributed by atoms with van der Waals surface area (Å²) in [7, 11) is 0. The van der Waals surface area contributed by atoms with E-state index >= 15 is 0 Å². The lowest BCUT2D eigenvalue weighted by Crippen LogP contribution is -2.13. The van der Waals surface area contributed by atoms with Gasteiger partial charge in [-0.2, -0.15) is 0 Å². The van der Waals surface area contributed by atoms with Gasteiger partial charge in [-0.15, -0.1) is 0 Å². The second-order valence-corrected chi connectivity index (χ2v) is 4.25. The van der Waals surface area contributed by atoms with Gasteiger partial charge in [0, 0.05) is 17.0 Å². The highest BCUT2D eigenvalue weighted by Gasteiger charge is 2.13. The summed E-state index contributed by atoms with van der Waals surface area (Å²) in [6, 6.07) is 5.70. The zero-order valence-electron chi connectivity index (χ0n) is 11.8. The lowest BCUT2D eigenvalue weighted by atomic mass is 10.1. The Kier molecular flexibility index (Phi) is 4.37. The molecule has 1 aromatic heterocycles. The van der Waals surface area contributed by atoms with Gasteiger partial charge in [0.15, 0.2) is 5.43 Å². The lowest BCUT2D eigenvalue weighted by molar-refractivity contribution is 0.0512. The van der Waals surface area contributed by atoms with Gasteiger partial charge in [-0.25, -0.2) is 9.59 Å². The number of carbonyl (C=O) groups excluding carboxylic acids is 2. The quantitative estimate of drug-likeness (QED) is 0.869. The van der Waals surface area contributed by atoms with E-state index in [4.69, 9.17) is 9.47 Å². The Morgan fingerprint density at radius 2 is 1.71 bits per heavy atom. The van der Waals surface area contributed by atoms with Crippen LogP contribution >= 0.6 is 0 Å². The highest BCUT2D eigenvalue weighted by atomic mass is 16.5. The molecule has 0 aliphatic carbocycles. The van der Waals surface area contributed by atoms with Gasteiger partial charge >= 0.3 is 11.9 Å². The standard InChI is InChI=1S/C15H15NO5/c1-3-20-14(18)9-5-6-11-10(7-9)13(17)8-12(16-11)15(19)21-4-2/h5-8H,3-4H2,1-2H3,(H,16,17). The molecule has 2 rings (SSSR count). The Balaban J connectivity index is 2.48. The number of carbonyl (C=O) groups is 2. The Hall–Kier alpha value is -2.63. The first-order valence-corrected chi connectivity index (χ1v) is 6.58. The third-order valence-corrected chi connectivity index (χ3v) is 2.84. The maximum Gasteiger partial charge on any atom is 0.354 e. The maximum atomic E-state index is 12.1. The summed E-state index contributed by atoms with van der Waals surface area (Å²) in [6.45, 7) is 3.87. The minimum Gasteiger partial charge on any atom is -0.462 e. The van der Waals surface area contributed by atoms with E-state index in [1.54, 1.807) is 19.9 Å². The van der Waals surface area contributed by atoms with Gasteiger partial charge in [0.2, 0.25) is 0 Å². The predicted molar refractivity (Wildman–Crippen MR) is 76.5 cm³/mol. The van der Waals surface area contributed by atoms with Crippen LogP contribution in [0.2, 0.25) is 0 Å². The topological polar surface area (TPSA) is 85.5 Å². The van der Waals surface area contributed by atoms with Crippen LogP contribution in [0.4, 0.5) is 0 Å². The number of esters is 2. The number of fused-ring (bicyclic) bond motifs is 1. The van der Waals surface area contributed by atoms with Crippen LogP contribution in [-0.2, 0) is 9.47 Å². The van der Waals surface area contributed by atoms with Gasteiger partial charge in [-0.3, -0.25) is 4.79 Å². The zero-order chi connectivity index (χ0) is 15.4. The van der Waals surface area contributed by atoms with Crippen molar-refractivity contribution in [3.8, 4) is 0 Å². The molecule has 0 saturated carbocycles. The van der Waals surface area contributed by atoms with Gasteiger partial charge in [-0.05, 0) is 32.0 Å². The molecule has 0 unspecified atom stereocenters. The van der Waals surface area contributed by atoms with E-state index in [1.807, 2.05) is 0 Å². The molecule has 0 atom stereocenters. The largest absolute Gasteiger partial charge is 0.462 e. The van der Waals surface area contributed by atoms with Crippen molar-refractivity contribution in [2.75, 3.05) is 13.2 Å². The summed E-state index contributed by atoms with van der Waals surface area (Å²) in [6.07, 6.45) is 0. The SMILES string of the molecule is CCOC(=O)c1ccc2[nH]c(C(=O)OCC)cc(=O)c2c1. The predicted octanol–water partition coefficient (Wildman–Crippen LogP) is 1.88. The van der Waals surface area contributed by atoms with Gasteiger partial charge in [0.1, 0.15) is 5.69 Å². The third-order valence-electron chi connectivity index (χ3n) is 2.84. The Morgan fingerprint density at radius 1 is 1.05 bits per heavy atom. The molecule has 2 aromatic rings. The number of hydrogen-bond acceptors (Lipinski definition) is 5. The van der Waals surface area contributed by atoms with Gasteiger partial charge in [0.25, 0.3) is 0 Å². The molecule has 6 nitrogen and oxygen atoms in total. The first-order valence-electron chi connectivity index (χ1n) is 6.58. The van der Waals surface area contributed by atoms with Crippen LogP contribution in [0.3, 0.4) is 0 Å². The summed E-state index contributed by atoms with van der Waals surface area (Å²) in [5, 5.41) is 0.314. The van der Waals surface area contributed by atoms with Crippen molar-refractivity contribution in [1.82, 2.24) is 4.98 Å². The summed E-state index contributed by atoms with van der Waals surface area (Å²) in [5.74, 6) is -1.08. The smallest absolute Gasteiger partial charge is 0.354 e. The van der Waals surface area contributed by atoms with Crippen molar-refractivity contribution in [1.29, 1.82) is 0 Å². The molecule has 21 heavy (non-hydrogen) atoms. The average molecular weight is 289 g/mol. The van der Waals surface area contributed by atoms with E-state index in [0.29, 0.717) is 16.5 Å². The van der Waals surface area contributed by atoms with Crippen LogP contribution < -0.4 is 5.43 Å². The average Bonchev–Trinajstić information content (AvgIpc) is 2.47. The fourth-order valence-electron chi connectivity index (χ4n) is 1.91. The number of nitrogens with one attached hydrogen (secondary N) is 1. The zero-order valence-corrected chi connectivity index (χ0v) is 11.8. The molecule has 1 N–H and O–H groups in total. The van der Waals surface area contributed by atoms with E-state index in [2.05, 4.69) is 4.98 Å². The highest BCUT2D eigenvalue weighted by Crippen LogP contribution is 2.13. The van der Waals surface area contributed by atoms with Crippen molar-refractivity contribution < 1.29 is 19.1 Å². The van der Waals surface area contributed by atoms with E-state index in [1.165, 1.54) is 12.1 Å². The van der Waals surface area contributed by atoms with Gasteiger partial charge in [0.05, 0.1) is 18.8 Å². The second kappa shape index (κ2) is 6.21. The Bertz CT molecular complexity index is 747. The molecule has 0 spiro atoms. The number of aromatic nitrogens is 1. The molecule has 0 amide bonds. The van der Waals surface area contributed by atoms with E-state index in [0.717, 1.165) is 6.07 Å². The number of pyridine rings is 1. The van der Waals surface area contributed by atoms with Crippen molar-refractivity contribution in [3.63, 3.8) is 0 Å². The maximum absolute atomic E-state index is 12.1.